The summed E-state index contributed by atoms with van der Waals surface area (Å²) in [6, 6.07) is 13.4. The van der Waals surface area contributed by atoms with E-state index in [0.29, 0.717) is 46.5 Å². The lowest BCUT2D eigenvalue weighted by atomic mass is 10.0. The van der Waals surface area contributed by atoms with Crippen molar-refractivity contribution < 1.29 is 14.2 Å². The average molecular weight is 631 g/mol. The Morgan fingerprint density at radius 3 is 2.76 bits per heavy atom. The van der Waals surface area contributed by atoms with Crippen LogP contribution in [0.2, 0.25) is 5.02 Å². The fraction of sp³-hybridized carbons (Fsp3) is 0.514. The zero-order valence-electron chi connectivity index (χ0n) is 25.9. The minimum absolute atomic E-state index is 0.198. The molecular weight excluding hydrogens is 591 g/mol. The van der Waals surface area contributed by atoms with Crippen LogP contribution in [0.4, 0.5) is 10.2 Å². The second kappa shape index (κ2) is 11.6. The van der Waals surface area contributed by atoms with Gasteiger partial charge in [0.15, 0.2) is 5.82 Å². The quantitative estimate of drug-likeness (QED) is 0.258. The van der Waals surface area contributed by atoms with E-state index < -0.39 is 5.82 Å². The Labute approximate surface area is 268 Å². The minimum Gasteiger partial charge on any atom is -0.462 e. The Kier molecular flexibility index (Phi) is 7.55. The van der Waals surface area contributed by atoms with Gasteiger partial charge in [-0.3, -0.25) is 14.8 Å². The predicted molar refractivity (Wildman–Crippen MR) is 175 cm³/mol. The van der Waals surface area contributed by atoms with Gasteiger partial charge in [-0.25, -0.2) is 4.39 Å². The standard InChI is InChI=1S/C35H40ClFN6O2/c1-20(2)42-15-7-10-22(42)19-45-35-39-32-25(17-38-31(30(32)37)24-11-5-8-21-9-6-12-26(36)29(21)24)34(40-35)41-14-4-3-13-28(44)33-27-16-23(18-41)43(27)33/h5-6,8-9,11-12,17,20,22-23,27-28,33,44H,3-4,7,10,13-16,18-19H2,1-2H3/t22-,23+,27?,28-,33?,43?/m0/s1. The number of pyridine rings is 1. The number of hydrogen-bond acceptors (Lipinski definition) is 8. The number of fused-ring (bicyclic) bond motifs is 3. The number of nitrogens with zero attached hydrogens (tertiary/aromatic N) is 6. The van der Waals surface area contributed by atoms with Crippen molar-refractivity contribution in [2.45, 2.75) is 88.7 Å². The fourth-order valence-corrected chi connectivity index (χ4v) is 8.53. The molecule has 8 nitrogen and oxygen atoms in total. The third-order valence-corrected chi connectivity index (χ3v) is 10.8. The van der Waals surface area contributed by atoms with Crippen molar-refractivity contribution in [3.63, 3.8) is 0 Å². The van der Waals surface area contributed by atoms with Crippen LogP contribution in [0.15, 0.2) is 42.6 Å². The maximum absolute atomic E-state index is 16.8. The normalized spacial score (nSPS) is 28.4. The first kappa shape index (κ1) is 29.3. The van der Waals surface area contributed by atoms with Crippen LogP contribution >= 0.6 is 11.6 Å². The van der Waals surface area contributed by atoms with Gasteiger partial charge in [0.1, 0.15) is 23.6 Å². The van der Waals surface area contributed by atoms with Crippen LogP contribution in [0.5, 0.6) is 6.01 Å². The second-order valence-electron chi connectivity index (χ2n) is 13.5. The van der Waals surface area contributed by atoms with E-state index >= 15 is 4.39 Å². The molecule has 0 saturated carbocycles. The van der Waals surface area contributed by atoms with E-state index in [1.165, 1.54) is 0 Å². The highest BCUT2D eigenvalue weighted by Gasteiger charge is 2.63. The smallest absolute Gasteiger partial charge is 0.319 e. The number of ether oxygens (including phenoxy) is 1. The molecule has 10 heteroatoms. The Bertz CT molecular complexity index is 1750. The summed E-state index contributed by atoms with van der Waals surface area (Å²) in [5.74, 6) is 0.163. The van der Waals surface area contributed by atoms with Gasteiger partial charge >= 0.3 is 6.01 Å². The highest BCUT2D eigenvalue weighted by Crippen LogP contribution is 2.49. The Balaban J connectivity index is 1.21. The molecule has 2 aromatic carbocycles. The molecule has 4 fully saturated rings. The molecule has 0 amide bonds. The lowest BCUT2D eigenvalue weighted by Crippen LogP contribution is -2.45. The predicted octanol–water partition coefficient (Wildman–Crippen LogP) is 6.07. The van der Waals surface area contributed by atoms with Gasteiger partial charge in [0.25, 0.3) is 0 Å². The Hall–Kier alpha value is -3.11. The van der Waals surface area contributed by atoms with E-state index in [4.69, 9.17) is 31.3 Å². The number of aliphatic hydroxyl groups is 1. The maximum atomic E-state index is 16.8. The number of benzene rings is 2. The molecular formula is C35H40ClFN6O2. The molecule has 1 N–H and O–H groups in total. The van der Waals surface area contributed by atoms with Gasteiger partial charge in [-0.2, -0.15) is 9.97 Å². The van der Waals surface area contributed by atoms with Crippen molar-refractivity contribution in [2.24, 2.45) is 0 Å². The third kappa shape index (κ3) is 5.12. The van der Waals surface area contributed by atoms with Gasteiger partial charge in [-0.05, 0) is 70.4 Å². The largest absolute Gasteiger partial charge is 0.462 e. The van der Waals surface area contributed by atoms with Crippen LogP contribution < -0.4 is 9.64 Å². The molecule has 0 spiro atoms. The number of aromatic nitrogens is 3. The summed E-state index contributed by atoms with van der Waals surface area (Å²) in [6.07, 6.45) is 7.37. The van der Waals surface area contributed by atoms with Crippen LogP contribution in [0.3, 0.4) is 0 Å². The number of rotatable bonds is 6. The van der Waals surface area contributed by atoms with Crippen molar-refractivity contribution in [2.75, 3.05) is 31.1 Å². The molecule has 45 heavy (non-hydrogen) atoms. The molecule has 8 rings (SSSR count). The van der Waals surface area contributed by atoms with E-state index in [2.05, 4.69) is 28.5 Å². The van der Waals surface area contributed by atoms with Gasteiger partial charge in [0.2, 0.25) is 0 Å². The maximum Gasteiger partial charge on any atom is 0.319 e. The lowest BCUT2D eigenvalue weighted by molar-refractivity contribution is 0.133. The van der Waals surface area contributed by atoms with Crippen molar-refractivity contribution >= 4 is 39.1 Å². The van der Waals surface area contributed by atoms with Crippen molar-refractivity contribution in [1.29, 1.82) is 0 Å². The summed E-state index contributed by atoms with van der Waals surface area (Å²) in [5, 5.41) is 13.5. The summed E-state index contributed by atoms with van der Waals surface area (Å²) in [6.45, 7) is 7.45. The van der Waals surface area contributed by atoms with E-state index in [1.54, 1.807) is 6.20 Å². The molecule has 4 aromatic rings. The summed E-state index contributed by atoms with van der Waals surface area (Å²) >= 11 is 6.64. The Morgan fingerprint density at radius 2 is 1.91 bits per heavy atom. The molecule has 6 heterocycles. The summed E-state index contributed by atoms with van der Waals surface area (Å²) in [7, 11) is 0. The molecule has 4 aliphatic heterocycles. The van der Waals surface area contributed by atoms with E-state index in [-0.39, 0.29) is 35.4 Å². The van der Waals surface area contributed by atoms with E-state index in [9.17, 15) is 5.11 Å². The average Bonchev–Trinajstić information content (AvgIpc) is 3.36. The number of aliphatic hydroxyl groups excluding tert-OH is 1. The topological polar surface area (TPSA) is 77.6 Å². The fourth-order valence-electron chi connectivity index (χ4n) is 8.24. The SMILES string of the molecule is CC(C)N1CCC[C@H]1COc1nc(N2CCCC[C@H](O)C3C4C[C@H](C2)N43)c2cnc(-c3cccc4cccc(Cl)c34)c(F)c2n1. The first-order valence-corrected chi connectivity index (χ1v) is 16.9. The van der Waals surface area contributed by atoms with Crippen LogP contribution in [-0.2, 0) is 0 Å². The van der Waals surface area contributed by atoms with E-state index in [0.717, 1.165) is 68.9 Å². The van der Waals surface area contributed by atoms with Crippen LogP contribution in [0.1, 0.15) is 52.4 Å². The van der Waals surface area contributed by atoms with E-state index in [1.807, 2.05) is 36.4 Å². The van der Waals surface area contributed by atoms with Crippen molar-refractivity contribution in [3.8, 4) is 17.3 Å². The minimum atomic E-state index is -0.503. The molecule has 236 valence electrons. The highest BCUT2D eigenvalue weighted by molar-refractivity contribution is 6.36. The first-order chi connectivity index (χ1) is 21.9. The molecule has 0 aliphatic carbocycles. The van der Waals surface area contributed by atoms with Gasteiger partial charge in [0, 0.05) is 59.4 Å². The summed E-state index contributed by atoms with van der Waals surface area (Å²) < 4.78 is 23.1. The van der Waals surface area contributed by atoms with Crippen LogP contribution in [0.25, 0.3) is 32.9 Å². The number of likely N-dealkylation sites (tertiary alicyclic amines) is 1. The number of hydrogen-bond donors (Lipinski definition) is 1. The zero-order chi connectivity index (χ0) is 30.8. The number of halogens is 2. The molecule has 2 aromatic heterocycles. The van der Waals surface area contributed by atoms with Crippen LogP contribution in [-0.4, -0.2) is 92.4 Å². The summed E-state index contributed by atoms with van der Waals surface area (Å²) in [5.41, 5.74) is 1.05. The lowest BCUT2D eigenvalue weighted by Gasteiger charge is -2.35. The molecule has 4 aliphatic rings. The van der Waals surface area contributed by atoms with Crippen molar-refractivity contribution in [1.82, 2.24) is 24.8 Å². The van der Waals surface area contributed by atoms with Gasteiger partial charge in [0.05, 0.1) is 17.5 Å². The molecule has 0 bridgehead atoms. The Morgan fingerprint density at radius 1 is 1.07 bits per heavy atom. The highest BCUT2D eigenvalue weighted by atomic mass is 35.5. The molecule has 0 radical (unpaired) electrons. The molecule has 3 unspecified atom stereocenters. The zero-order valence-corrected chi connectivity index (χ0v) is 26.6. The summed E-state index contributed by atoms with van der Waals surface area (Å²) in [4.78, 5) is 21.6. The monoisotopic (exact) mass is 630 g/mol. The van der Waals surface area contributed by atoms with Crippen molar-refractivity contribution in [3.05, 3.63) is 53.4 Å². The molecule has 4 saturated heterocycles. The number of anilines is 1. The third-order valence-electron chi connectivity index (χ3n) is 10.5. The van der Waals surface area contributed by atoms with Gasteiger partial charge in [-0.15, -0.1) is 0 Å². The molecule has 6 atom stereocenters. The van der Waals surface area contributed by atoms with Crippen LogP contribution in [0, 0.1) is 5.82 Å². The first-order valence-electron chi connectivity index (χ1n) is 16.5. The second-order valence-corrected chi connectivity index (χ2v) is 13.9. The van der Waals surface area contributed by atoms with Gasteiger partial charge in [-0.1, -0.05) is 41.9 Å². The van der Waals surface area contributed by atoms with Gasteiger partial charge < -0.3 is 14.7 Å².